The molecule has 2 aromatic rings. The van der Waals surface area contributed by atoms with Gasteiger partial charge in [0.2, 0.25) is 0 Å². The van der Waals surface area contributed by atoms with E-state index in [1.807, 2.05) is 0 Å². The third kappa shape index (κ3) is 4.87. The van der Waals surface area contributed by atoms with Gasteiger partial charge in [0.05, 0.1) is 10.6 Å². The van der Waals surface area contributed by atoms with Gasteiger partial charge in [-0.05, 0) is 31.2 Å². The maximum atomic E-state index is 12.0. The molecule has 1 amide bonds. The van der Waals surface area contributed by atoms with Gasteiger partial charge >= 0.3 is 5.97 Å². The quantitative estimate of drug-likeness (QED) is 0.759. The molecule has 0 heterocycles. The first-order chi connectivity index (χ1) is 11.4. The van der Waals surface area contributed by atoms with Crippen molar-refractivity contribution in [3.8, 4) is 0 Å². The van der Waals surface area contributed by atoms with Crippen molar-refractivity contribution in [2.75, 3.05) is 6.54 Å². The summed E-state index contributed by atoms with van der Waals surface area (Å²) in [6, 6.07) is 11.6. The average Bonchev–Trinajstić information content (AvgIpc) is 2.53. The van der Waals surface area contributed by atoms with E-state index in [0.717, 1.165) is 0 Å². The smallest absolute Gasteiger partial charge is 0.326 e. The minimum Gasteiger partial charge on any atom is -0.456 e. The molecule has 0 saturated heterocycles. The maximum Gasteiger partial charge on any atom is 0.326 e. The molecule has 0 spiro atoms. The molecule has 0 aliphatic rings. The van der Waals surface area contributed by atoms with E-state index < -0.39 is 18.0 Å². The molecule has 4 nitrogen and oxygen atoms in total. The monoisotopic (exact) mass is 385 g/mol. The molecule has 0 saturated carbocycles. The minimum atomic E-state index is -0.583. The SMILES string of the molecule is C[C@H](OC(=O)CNC(=O)c1ccc(Cl)cc1Cl)c1ccccc1Cl. The largest absolute Gasteiger partial charge is 0.456 e. The fraction of sp³-hybridized carbons (Fsp3) is 0.176. The van der Waals surface area contributed by atoms with E-state index >= 15 is 0 Å². The second kappa shape index (κ2) is 8.38. The summed E-state index contributed by atoms with van der Waals surface area (Å²) in [6.45, 7) is 1.42. The topological polar surface area (TPSA) is 55.4 Å². The molecule has 1 N–H and O–H groups in total. The van der Waals surface area contributed by atoms with Gasteiger partial charge in [-0.15, -0.1) is 0 Å². The number of halogens is 3. The number of ether oxygens (including phenoxy) is 1. The number of hydrogen-bond donors (Lipinski definition) is 1. The Labute approximate surface area is 154 Å². The number of amides is 1. The summed E-state index contributed by atoms with van der Waals surface area (Å²) in [7, 11) is 0. The Morgan fingerprint density at radius 1 is 1.08 bits per heavy atom. The lowest BCUT2D eigenvalue weighted by Gasteiger charge is -2.15. The average molecular weight is 387 g/mol. The van der Waals surface area contributed by atoms with Gasteiger partial charge in [-0.1, -0.05) is 53.0 Å². The van der Waals surface area contributed by atoms with Crippen LogP contribution in [-0.4, -0.2) is 18.4 Å². The summed E-state index contributed by atoms with van der Waals surface area (Å²) in [5.74, 6) is -1.07. The first-order valence-electron chi connectivity index (χ1n) is 7.05. The second-order valence-corrected chi connectivity index (χ2v) is 6.21. The fourth-order valence-electron chi connectivity index (χ4n) is 2.03. The molecule has 1 atom stereocenters. The van der Waals surface area contributed by atoms with E-state index in [9.17, 15) is 9.59 Å². The number of carbonyl (C=O) groups is 2. The molecule has 7 heteroatoms. The summed E-state index contributed by atoms with van der Waals surface area (Å²) < 4.78 is 5.26. The summed E-state index contributed by atoms with van der Waals surface area (Å²) >= 11 is 17.8. The summed E-state index contributed by atoms with van der Waals surface area (Å²) in [5.41, 5.74) is 0.924. The Bertz CT molecular complexity index is 764. The molecule has 126 valence electrons. The highest BCUT2D eigenvalue weighted by Crippen LogP contribution is 2.25. The van der Waals surface area contributed by atoms with Crippen LogP contribution in [0.5, 0.6) is 0 Å². The Kier molecular flexibility index (Phi) is 6.49. The van der Waals surface area contributed by atoms with Crippen LogP contribution >= 0.6 is 34.8 Å². The van der Waals surface area contributed by atoms with Crippen LogP contribution in [0.25, 0.3) is 0 Å². The Balaban J connectivity index is 1.91. The van der Waals surface area contributed by atoms with Crippen molar-refractivity contribution in [2.45, 2.75) is 13.0 Å². The fourth-order valence-corrected chi connectivity index (χ4v) is 2.81. The molecule has 0 aliphatic heterocycles. The van der Waals surface area contributed by atoms with Crippen LogP contribution in [0.1, 0.15) is 28.9 Å². The Morgan fingerprint density at radius 2 is 1.79 bits per heavy atom. The molecule has 0 aliphatic carbocycles. The van der Waals surface area contributed by atoms with Gasteiger partial charge in [-0.2, -0.15) is 0 Å². The molecule has 2 rings (SSSR count). The van der Waals surface area contributed by atoms with Crippen molar-refractivity contribution in [1.29, 1.82) is 0 Å². The highest BCUT2D eigenvalue weighted by molar-refractivity contribution is 6.36. The number of rotatable bonds is 5. The predicted molar refractivity (Wildman–Crippen MR) is 94.8 cm³/mol. The predicted octanol–water partition coefficient (Wildman–Crippen LogP) is 4.68. The molecule has 0 radical (unpaired) electrons. The molecule has 0 fully saturated rings. The lowest BCUT2D eigenvalue weighted by molar-refractivity contribution is -0.147. The first-order valence-corrected chi connectivity index (χ1v) is 8.19. The summed E-state index contributed by atoms with van der Waals surface area (Å²) in [5, 5.41) is 3.59. The normalized spacial score (nSPS) is 11.7. The van der Waals surface area contributed by atoms with Gasteiger partial charge in [0, 0.05) is 15.6 Å². The van der Waals surface area contributed by atoms with E-state index in [1.54, 1.807) is 37.3 Å². The number of nitrogens with one attached hydrogen (secondary N) is 1. The van der Waals surface area contributed by atoms with Gasteiger partial charge in [-0.3, -0.25) is 9.59 Å². The van der Waals surface area contributed by atoms with Gasteiger partial charge in [-0.25, -0.2) is 0 Å². The third-order valence-corrected chi connectivity index (χ3v) is 4.11. The molecular weight excluding hydrogens is 373 g/mol. The van der Waals surface area contributed by atoms with Crippen LogP contribution in [0.2, 0.25) is 15.1 Å². The number of carbonyl (C=O) groups excluding carboxylic acids is 2. The number of benzene rings is 2. The zero-order valence-corrected chi connectivity index (χ0v) is 15.0. The van der Waals surface area contributed by atoms with Crippen LogP contribution < -0.4 is 5.32 Å². The molecule has 2 aromatic carbocycles. The van der Waals surface area contributed by atoms with Crippen molar-refractivity contribution in [3.63, 3.8) is 0 Å². The van der Waals surface area contributed by atoms with Crippen molar-refractivity contribution < 1.29 is 14.3 Å². The van der Waals surface area contributed by atoms with Gasteiger partial charge in [0.1, 0.15) is 12.6 Å². The molecule has 24 heavy (non-hydrogen) atoms. The molecular formula is C17H14Cl3NO3. The van der Waals surface area contributed by atoms with Crippen molar-refractivity contribution in [3.05, 3.63) is 68.7 Å². The number of hydrogen-bond acceptors (Lipinski definition) is 3. The maximum absolute atomic E-state index is 12.0. The standard InChI is InChI=1S/C17H14Cl3NO3/c1-10(12-4-2-3-5-14(12)19)24-16(22)9-21-17(23)13-7-6-11(18)8-15(13)20/h2-8,10H,9H2,1H3,(H,21,23)/t10-/m0/s1. The van der Waals surface area contributed by atoms with Crippen molar-refractivity contribution in [1.82, 2.24) is 5.32 Å². The molecule has 0 bridgehead atoms. The highest BCUT2D eigenvalue weighted by Gasteiger charge is 2.16. The van der Waals surface area contributed by atoms with Gasteiger partial charge < -0.3 is 10.1 Å². The van der Waals surface area contributed by atoms with E-state index in [4.69, 9.17) is 39.5 Å². The zero-order chi connectivity index (χ0) is 17.7. The number of esters is 1. The Morgan fingerprint density at radius 3 is 2.46 bits per heavy atom. The van der Waals surface area contributed by atoms with Crippen molar-refractivity contribution in [2.24, 2.45) is 0 Å². The Hall–Kier alpha value is -1.75. The molecule has 0 unspecified atom stereocenters. The van der Waals surface area contributed by atoms with Crippen LogP contribution in [-0.2, 0) is 9.53 Å². The van der Waals surface area contributed by atoms with Gasteiger partial charge in [0.25, 0.3) is 5.91 Å². The lowest BCUT2D eigenvalue weighted by atomic mass is 10.1. The third-order valence-electron chi connectivity index (χ3n) is 3.22. The van der Waals surface area contributed by atoms with Crippen LogP contribution in [0.3, 0.4) is 0 Å². The van der Waals surface area contributed by atoms with Gasteiger partial charge in [0.15, 0.2) is 0 Å². The van der Waals surface area contributed by atoms with E-state index in [2.05, 4.69) is 5.32 Å². The lowest BCUT2D eigenvalue weighted by Crippen LogP contribution is -2.31. The van der Waals surface area contributed by atoms with Crippen LogP contribution in [0, 0.1) is 0 Å². The second-order valence-electron chi connectivity index (χ2n) is 4.96. The minimum absolute atomic E-state index is 0.206. The van der Waals surface area contributed by atoms with Crippen LogP contribution in [0.4, 0.5) is 0 Å². The zero-order valence-electron chi connectivity index (χ0n) is 12.7. The van der Waals surface area contributed by atoms with E-state index in [0.29, 0.717) is 15.6 Å². The first kappa shape index (κ1) is 18.6. The van der Waals surface area contributed by atoms with E-state index in [-0.39, 0.29) is 17.1 Å². The summed E-state index contributed by atoms with van der Waals surface area (Å²) in [6.07, 6.45) is -0.526. The van der Waals surface area contributed by atoms with Crippen molar-refractivity contribution >= 4 is 46.7 Å². The molecule has 0 aromatic heterocycles. The highest BCUT2D eigenvalue weighted by atomic mass is 35.5. The van der Waals surface area contributed by atoms with Crippen LogP contribution in [0.15, 0.2) is 42.5 Å². The van der Waals surface area contributed by atoms with E-state index in [1.165, 1.54) is 12.1 Å². The summed E-state index contributed by atoms with van der Waals surface area (Å²) in [4.78, 5) is 23.9.